The molecule has 1 aliphatic rings. The van der Waals surface area contributed by atoms with E-state index >= 15 is 0 Å². The van der Waals surface area contributed by atoms with Crippen molar-refractivity contribution in [3.63, 3.8) is 0 Å². The lowest BCUT2D eigenvalue weighted by Crippen LogP contribution is -2.38. The van der Waals surface area contributed by atoms with Gasteiger partial charge in [0.05, 0.1) is 0 Å². The molecule has 0 aromatic heterocycles. The van der Waals surface area contributed by atoms with Crippen LogP contribution in [0.2, 0.25) is 0 Å². The van der Waals surface area contributed by atoms with E-state index in [2.05, 4.69) is 53.1 Å². The van der Waals surface area contributed by atoms with Crippen molar-refractivity contribution < 1.29 is 4.79 Å². The molecule has 0 radical (unpaired) electrons. The highest BCUT2D eigenvalue weighted by molar-refractivity contribution is 8.00. The van der Waals surface area contributed by atoms with Gasteiger partial charge in [0.15, 0.2) is 0 Å². The summed E-state index contributed by atoms with van der Waals surface area (Å²) < 4.78 is 0. The fourth-order valence-electron chi connectivity index (χ4n) is 3.45. The average molecular weight is 398 g/mol. The first-order valence-corrected chi connectivity index (χ1v) is 10.9. The molecule has 1 fully saturated rings. The number of carbonyl (C=O) groups excluding carboxylic acids is 1. The molecule has 2 aromatic rings. The van der Waals surface area contributed by atoms with Crippen LogP contribution < -0.4 is 0 Å². The smallest absolute Gasteiger partial charge is 0.240 e. The molecule has 28 heavy (non-hydrogen) atoms. The number of thioether (sulfide) groups is 1. The Balaban J connectivity index is 1.70. The third-order valence-corrected chi connectivity index (χ3v) is 6.34. The molecule has 1 saturated heterocycles. The Morgan fingerprint density at radius 3 is 2.32 bits per heavy atom. The van der Waals surface area contributed by atoms with Crippen LogP contribution in [0.25, 0.3) is 0 Å². The van der Waals surface area contributed by atoms with Gasteiger partial charge in [-0.1, -0.05) is 48.5 Å². The van der Waals surface area contributed by atoms with Crippen LogP contribution in [0.3, 0.4) is 0 Å². The number of rotatable bonds is 7. The Bertz CT molecular complexity index is 723. The minimum Gasteiger partial charge on any atom is -0.340 e. The van der Waals surface area contributed by atoms with E-state index in [1.54, 1.807) is 11.8 Å². The minimum absolute atomic E-state index is 0.197. The quantitative estimate of drug-likeness (QED) is 0.667. The molecule has 0 spiro atoms. The van der Waals surface area contributed by atoms with Gasteiger partial charge in [-0.25, -0.2) is 0 Å². The molecular weight excluding hydrogens is 366 g/mol. The predicted octanol–water partition coefficient (Wildman–Crippen LogP) is 3.62. The van der Waals surface area contributed by atoms with Gasteiger partial charge in [0.2, 0.25) is 5.91 Å². The highest BCUT2D eigenvalue weighted by atomic mass is 32.2. The molecule has 0 saturated carbocycles. The number of carbonyl (C=O) groups is 1. The fourth-order valence-corrected chi connectivity index (χ4v) is 4.58. The third-order valence-electron chi connectivity index (χ3n) is 5.09. The molecule has 2 aromatic carbocycles. The van der Waals surface area contributed by atoms with Crippen LogP contribution in [0.15, 0.2) is 65.6 Å². The van der Waals surface area contributed by atoms with Gasteiger partial charge < -0.3 is 14.7 Å². The molecule has 1 amide bonds. The first kappa shape index (κ1) is 20.9. The van der Waals surface area contributed by atoms with Gasteiger partial charge in [0.1, 0.15) is 5.25 Å². The molecule has 1 heterocycles. The number of hydrogen-bond donors (Lipinski definition) is 0. The molecule has 0 aliphatic carbocycles. The van der Waals surface area contributed by atoms with Crippen LogP contribution >= 0.6 is 11.8 Å². The summed E-state index contributed by atoms with van der Waals surface area (Å²) >= 11 is 1.65. The summed E-state index contributed by atoms with van der Waals surface area (Å²) in [5, 5.41) is -0.197. The highest BCUT2D eigenvalue weighted by Gasteiger charge is 2.28. The zero-order valence-corrected chi connectivity index (χ0v) is 17.8. The van der Waals surface area contributed by atoms with Crippen molar-refractivity contribution in [2.45, 2.75) is 16.6 Å². The van der Waals surface area contributed by atoms with Crippen molar-refractivity contribution in [1.82, 2.24) is 14.7 Å². The van der Waals surface area contributed by atoms with E-state index in [1.807, 2.05) is 36.4 Å². The maximum absolute atomic E-state index is 13.5. The zero-order valence-electron chi connectivity index (χ0n) is 17.0. The third kappa shape index (κ3) is 6.09. The molecule has 150 valence electrons. The topological polar surface area (TPSA) is 26.8 Å². The molecule has 4 nitrogen and oxygen atoms in total. The molecule has 0 N–H and O–H groups in total. The number of likely N-dealkylation sites (N-methyl/N-ethyl adjacent to an activating group) is 1. The molecule has 1 aliphatic heterocycles. The fraction of sp³-hybridized carbons (Fsp3) is 0.435. The first-order chi connectivity index (χ1) is 13.6. The van der Waals surface area contributed by atoms with Crippen LogP contribution in [-0.4, -0.2) is 74.0 Å². The second kappa shape index (κ2) is 10.6. The zero-order chi connectivity index (χ0) is 19.8. The van der Waals surface area contributed by atoms with E-state index in [0.717, 1.165) is 56.1 Å². The van der Waals surface area contributed by atoms with Crippen LogP contribution in [0.5, 0.6) is 0 Å². The van der Waals surface area contributed by atoms with Crippen LogP contribution in [0.4, 0.5) is 0 Å². The first-order valence-electron chi connectivity index (χ1n) is 10.1. The predicted molar refractivity (Wildman–Crippen MR) is 118 cm³/mol. The van der Waals surface area contributed by atoms with Crippen molar-refractivity contribution in [3.8, 4) is 0 Å². The Hall–Kier alpha value is -1.82. The Morgan fingerprint density at radius 2 is 1.64 bits per heavy atom. The van der Waals surface area contributed by atoms with E-state index < -0.39 is 0 Å². The Labute approximate surface area is 173 Å². The van der Waals surface area contributed by atoms with Gasteiger partial charge in [0.25, 0.3) is 0 Å². The molecular formula is C23H31N3OS. The lowest BCUT2D eigenvalue weighted by molar-refractivity contribution is -0.130. The molecule has 1 unspecified atom stereocenters. The largest absolute Gasteiger partial charge is 0.340 e. The van der Waals surface area contributed by atoms with Crippen LogP contribution in [0.1, 0.15) is 17.2 Å². The molecule has 1 atom stereocenters. The monoisotopic (exact) mass is 397 g/mol. The van der Waals surface area contributed by atoms with Gasteiger partial charge in [-0.2, -0.15) is 0 Å². The van der Waals surface area contributed by atoms with E-state index in [1.165, 1.54) is 0 Å². The summed E-state index contributed by atoms with van der Waals surface area (Å²) in [4.78, 5) is 21.4. The standard InChI is InChI=1S/C23H31N3OS/c1-24(2)16-17-25-14-9-15-26(19-18-25)23(27)22(20-10-5-3-6-11-20)28-21-12-7-4-8-13-21/h3-8,10-13,22H,9,14-19H2,1-2H3. The van der Waals surface area contributed by atoms with Gasteiger partial charge in [-0.05, 0) is 44.8 Å². The number of amides is 1. The highest BCUT2D eigenvalue weighted by Crippen LogP contribution is 2.36. The minimum atomic E-state index is -0.197. The van der Waals surface area contributed by atoms with Gasteiger partial charge >= 0.3 is 0 Å². The average Bonchev–Trinajstić information content (AvgIpc) is 2.97. The van der Waals surface area contributed by atoms with Crippen LogP contribution in [-0.2, 0) is 4.79 Å². The molecule has 0 bridgehead atoms. The molecule has 3 rings (SSSR count). The number of nitrogens with zero attached hydrogens (tertiary/aromatic N) is 3. The van der Waals surface area contributed by atoms with Crippen molar-refractivity contribution >= 4 is 17.7 Å². The summed E-state index contributed by atoms with van der Waals surface area (Å²) in [6.07, 6.45) is 1.04. The summed E-state index contributed by atoms with van der Waals surface area (Å²) in [5.41, 5.74) is 1.08. The Kier molecular flexibility index (Phi) is 7.95. The van der Waals surface area contributed by atoms with Crippen molar-refractivity contribution in [1.29, 1.82) is 0 Å². The van der Waals surface area contributed by atoms with Crippen molar-refractivity contribution in [2.24, 2.45) is 0 Å². The maximum Gasteiger partial charge on any atom is 0.240 e. The number of hydrogen-bond acceptors (Lipinski definition) is 4. The van der Waals surface area contributed by atoms with Crippen LogP contribution in [0, 0.1) is 0 Å². The van der Waals surface area contributed by atoms with Crippen molar-refractivity contribution in [3.05, 3.63) is 66.2 Å². The lowest BCUT2D eigenvalue weighted by atomic mass is 10.1. The number of benzene rings is 2. The van der Waals surface area contributed by atoms with E-state index in [9.17, 15) is 4.79 Å². The maximum atomic E-state index is 13.5. The second-order valence-corrected chi connectivity index (χ2v) is 8.72. The normalized spacial score (nSPS) is 16.8. The van der Waals surface area contributed by atoms with E-state index in [0.29, 0.717) is 0 Å². The summed E-state index contributed by atoms with van der Waals surface area (Å²) in [6.45, 7) is 5.80. The van der Waals surface area contributed by atoms with Crippen molar-refractivity contribution in [2.75, 3.05) is 53.4 Å². The second-order valence-electron chi connectivity index (χ2n) is 7.55. The Morgan fingerprint density at radius 1 is 0.964 bits per heavy atom. The SMILES string of the molecule is CN(C)CCN1CCCN(C(=O)C(Sc2ccccc2)c2ccccc2)CC1. The summed E-state index contributed by atoms with van der Waals surface area (Å²) in [6, 6.07) is 20.4. The van der Waals surface area contributed by atoms with E-state index in [-0.39, 0.29) is 11.2 Å². The van der Waals surface area contributed by atoms with E-state index in [4.69, 9.17) is 0 Å². The van der Waals surface area contributed by atoms with Gasteiger partial charge in [-0.15, -0.1) is 11.8 Å². The van der Waals surface area contributed by atoms with Gasteiger partial charge in [0, 0.05) is 37.6 Å². The molecule has 5 heteroatoms. The summed E-state index contributed by atoms with van der Waals surface area (Å²) in [5.74, 6) is 0.231. The summed E-state index contributed by atoms with van der Waals surface area (Å²) in [7, 11) is 4.22. The lowest BCUT2D eigenvalue weighted by Gasteiger charge is -2.27. The van der Waals surface area contributed by atoms with Gasteiger partial charge in [-0.3, -0.25) is 4.79 Å².